The van der Waals surface area contributed by atoms with Gasteiger partial charge < -0.3 is 20.5 Å². The summed E-state index contributed by atoms with van der Waals surface area (Å²) in [4.78, 5) is 22.8. The molecule has 18 heavy (non-hydrogen) atoms. The molecule has 3 N–H and O–H groups in total. The van der Waals surface area contributed by atoms with Gasteiger partial charge in [0.15, 0.2) is 5.82 Å². The van der Waals surface area contributed by atoms with E-state index in [4.69, 9.17) is 4.52 Å². The quantitative estimate of drug-likeness (QED) is 0.750. The lowest BCUT2D eigenvalue weighted by Gasteiger charge is -2.20. The first-order valence-electron chi connectivity index (χ1n) is 5.55. The lowest BCUT2D eigenvalue weighted by molar-refractivity contribution is -0.115. The minimum Gasteiger partial charge on any atom is -0.360 e. The van der Waals surface area contributed by atoms with Crippen molar-refractivity contribution < 1.29 is 14.1 Å². The molecule has 0 fully saturated rings. The monoisotopic (exact) mass is 254 g/mol. The second kappa shape index (κ2) is 5.52. The summed E-state index contributed by atoms with van der Waals surface area (Å²) in [6.45, 7) is 7.14. The fraction of sp³-hybridized carbons (Fsp3) is 0.545. The molecular weight excluding hydrogens is 236 g/mol. The maximum Gasteiger partial charge on any atom is 0.315 e. The Morgan fingerprint density at radius 3 is 2.56 bits per heavy atom. The van der Waals surface area contributed by atoms with Crippen LogP contribution in [0.3, 0.4) is 0 Å². The van der Waals surface area contributed by atoms with E-state index in [0.717, 1.165) is 0 Å². The van der Waals surface area contributed by atoms with Crippen molar-refractivity contribution in [1.82, 2.24) is 15.8 Å². The third kappa shape index (κ3) is 5.33. The Hall–Kier alpha value is -2.05. The van der Waals surface area contributed by atoms with Crippen LogP contribution in [-0.4, -0.2) is 29.2 Å². The maximum atomic E-state index is 11.5. The van der Waals surface area contributed by atoms with Gasteiger partial charge in [-0.15, -0.1) is 0 Å². The first-order valence-corrected chi connectivity index (χ1v) is 5.55. The highest BCUT2D eigenvalue weighted by Gasteiger charge is 2.14. The van der Waals surface area contributed by atoms with E-state index in [1.807, 2.05) is 20.8 Å². The highest BCUT2D eigenvalue weighted by atomic mass is 16.5. The number of nitrogens with zero attached hydrogens (tertiary/aromatic N) is 1. The molecule has 7 heteroatoms. The molecule has 0 saturated heterocycles. The summed E-state index contributed by atoms with van der Waals surface area (Å²) in [7, 11) is 0. The third-order valence-corrected chi connectivity index (χ3v) is 1.79. The first-order chi connectivity index (χ1) is 8.26. The standard InChI is InChI=1S/C11H18N4O3/c1-7-5-8(15-18-7)13-9(16)6-12-10(17)14-11(2,3)4/h5H,6H2,1-4H3,(H2,12,14,17)(H,13,15,16). The van der Waals surface area contributed by atoms with Gasteiger partial charge in [-0.25, -0.2) is 4.79 Å². The second-order valence-electron chi connectivity index (χ2n) is 4.93. The van der Waals surface area contributed by atoms with Crippen molar-refractivity contribution in [3.63, 3.8) is 0 Å². The normalized spacial score (nSPS) is 10.9. The molecule has 0 aliphatic carbocycles. The van der Waals surface area contributed by atoms with Crippen molar-refractivity contribution in [1.29, 1.82) is 0 Å². The molecule has 0 aliphatic heterocycles. The van der Waals surface area contributed by atoms with Gasteiger partial charge in [0.25, 0.3) is 0 Å². The van der Waals surface area contributed by atoms with Crippen molar-refractivity contribution in [2.24, 2.45) is 0 Å². The Morgan fingerprint density at radius 1 is 1.39 bits per heavy atom. The van der Waals surface area contributed by atoms with E-state index in [1.54, 1.807) is 13.0 Å². The molecule has 0 atom stereocenters. The SMILES string of the molecule is Cc1cc(NC(=O)CNC(=O)NC(C)(C)C)no1. The van der Waals surface area contributed by atoms with E-state index >= 15 is 0 Å². The maximum absolute atomic E-state index is 11.5. The third-order valence-electron chi connectivity index (χ3n) is 1.79. The van der Waals surface area contributed by atoms with E-state index in [1.165, 1.54) is 0 Å². The van der Waals surface area contributed by atoms with Crippen LogP contribution in [0.5, 0.6) is 0 Å². The van der Waals surface area contributed by atoms with Gasteiger partial charge in [-0.05, 0) is 27.7 Å². The average molecular weight is 254 g/mol. The topological polar surface area (TPSA) is 96.3 Å². The van der Waals surface area contributed by atoms with Crippen molar-refractivity contribution in [3.05, 3.63) is 11.8 Å². The van der Waals surface area contributed by atoms with Gasteiger partial charge in [0.1, 0.15) is 5.76 Å². The van der Waals surface area contributed by atoms with Crippen LogP contribution in [-0.2, 0) is 4.79 Å². The minimum atomic E-state index is -0.394. The van der Waals surface area contributed by atoms with E-state index < -0.39 is 6.03 Å². The van der Waals surface area contributed by atoms with Crippen LogP contribution >= 0.6 is 0 Å². The number of rotatable bonds is 3. The van der Waals surface area contributed by atoms with Crippen LogP contribution < -0.4 is 16.0 Å². The molecule has 0 aliphatic rings. The Labute approximate surface area is 105 Å². The average Bonchev–Trinajstić information content (AvgIpc) is 2.58. The van der Waals surface area contributed by atoms with Crippen LogP contribution in [0.2, 0.25) is 0 Å². The molecule has 100 valence electrons. The Balaban J connectivity index is 2.31. The summed E-state index contributed by atoms with van der Waals surface area (Å²) in [5, 5.41) is 11.2. The van der Waals surface area contributed by atoms with E-state index in [9.17, 15) is 9.59 Å². The first kappa shape index (κ1) is 14.0. The van der Waals surface area contributed by atoms with Gasteiger partial charge in [0, 0.05) is 11.6 Å². The number of amides is 3. The molecular formula is C11H18N4O3. The molecule has 0 bridgehead atoms. The molecule has 3 amide bonds. The van der Waals surface area contributed by atoms with Gasteiger partial charge >= 0.3 is 6.03 Å². The largest absolute Gasteiger partial charge is 0.360 e. The summed E-state index contributed by atoms with van der Waals surface area (Å²) in [6, 6.07) is 1.20. The van der Waals surface area contributed by atoms with Crippen LogP contribution in [0.15, 0.2) is 10.6 Å². The zero-order valence-corrected chi connectivity index (χ0v) is 11.0. The van der Waals surface area contributed by atoms with Gasteiger partial charge in [-0.2, -0.15) is 0 Å². The van der Waals surface area contributed by atoms with Crippen LogP contribution in [0, 0.1) is 6.92 Å². The summed E-state index contributed by atoms with van der Waals surface area (Å²) >= 11 is 0. The summed E-state index contributed by atoms with van der Waals surface area (Å²) in [6.07, 6.45) is 0. The van der Waals surface area contributed by atoms with E-state index in [0.29, 0.717) is 11.6 Å². The van der Waals surface area contributed by atoms with Crippen LogP contribution in [0.4, 0.5) is 10.6 Å². The molecule has 0 aromatic carbocycles. The van der Waals surface area contributed by atoms with Crippen molar-refractivity contribution in [2.45, 2.75) is 33.2 Å². The molecule has 1 aromatic rings. The number of hydrogen-bond donors (Lipinski definition) is 3. The lowest BCUT2D eigenvalue weighted by atomic mass is 10.1. The zero-order chi connectivity index (χ0) is 13.8. The number of anilines is 1. The number of aromatic nitrogens is 1. The number of carbonyl (C=O) groups excluding carboxylic acids is 2. The molecule has 0 radical (unpaired) electrons. The van der Waals surface area contributed by atoms with Crippen LogP contribution in [0.25, 0.3) is 0 Å². The molecule has 0 unspecified atom stereocenters. The van der Waals surface area contributed by atoms with Gasteiger partial charge in [0.05, 0.1) is 6.54 Å². The Bertz CT molecular complexity index is 434. The number of aryl methyl sites for hydroxylation is 1. The number of carbonyl (C=O) groups is 2. The molecule has 7 nitrogen and oxygen atoms in total. The van der Waals surface area contributed by atoms with Gasteiger partial charge in [-0.3, -0.25) is 4.79 Å². The number of hydrogen-bond acceptors (Lipinski definition) is 4. The number of urea groups is 1. The van der Waals surface area contributed by atoms with Crippen molar-refractivity contribution in [3.8, 4) is 0 Å². The lowest BCUT2D eigenvalue weighted by Crippen LogP contribution is -2.48. The highest BCUT2D eigenvalue weighted by Crippen LogP contribution is 2.06. The zero-order valence-electron chi connectivity index (χ0n) is 11.0. The highest BCUT2D eigenvalue weighted by molar-refractivity contribution is 5.93. The second-order valence-corrected chi connectivity index (χ2v) is 4.93. The minimum absolute atomic E-state index is 0.131. The van der Waals surface area contributed by atoms with Crippen molar-refractivity contribution in [2.75, 3.05) is 11.9 Å². The summed E-state index contributed by atoms with van der Waals surface area (Å²) in [5.41, 5.74) is -0.343. The van der Waals surface area contributed by atoms with Gasteiger partial charge in [0.2, 0.25) is 5.91 Å². The Morgan fingerprint density at radius 2 is 2.06 bits per heavy atom. The predicted molar refractivity (Wildman–Crippen MR) is 66.2 cm³/mol. The number of nitrogens with one attached hydrogen (secondary N) is 3. The predicted octanol–water partition coefficient (Wildman–Crippen LogP) is 1.02. The molecule has 1 rings (SSSR count). The van der Waals surface area contributed by atoms with E-state index in [-0.39, 0.29) is 18.0 Å². The molecule has 0 saturated carbocycles. The fourth-order valence-corrected chi connectivity index (χ4v) is 1.16. The fourth-order valence-electron chi connectivity index (χ4n) is 1.16. The summed E-state index contributed by atoms with van der Waals surface area (Å²) < 4.78 is 4.79. The van der Waals surface area contributed by atoms with Gasteiger partial charge in [-0.1, -0.05) is 5.16 Å². The van der Waals surface area contributed by atoms with Crippen molar-refractivity contribution >= 4 is 17.8 Å². The smallest absolute Gasteiger partial charge is 0.315 e. The summed E-state index contributed by atoms with van der Waals surface area (Å²) in [5.74, 6) is 0.562. The molecule has 1 aromatic heterocycles. The Kier molecular flexibility index (Phi) is 4.30. The van der Waals surface area contributed by atoms with Crippen LogP contribution in [0.1, 0.15) is 26.5 Å². The molecule has 1 heterocycles. The molecule has 0 spiro atoms. The van der Waals surface area contributed by atoms with E-state index in [2.05, 4.69) is 21.1 Å².